The summed E-state index contributed by atoms with van der Waals surface area (Å²) in [5, 5.41) is 56.6. The first-order valence-electron chi connectivity index (χ1n) is 30.6. The van der Waals surface area contributed by atoms with Crippen LogP contribution in [0.5, 0.6) is 0 Å². The summed E-state index contributed by atoms with van der Waals surface area (Å²) in [5.74, 6) is -1.19. The van der Waals surface area contributed by atoms with Crippen LogP contribution >= 0.6 is 34.8 Å². The zero-order valence-corrected chi connectivity index (χ0v) is 56.7. The molecule has 0 aliphatic heterocycles. The molecule has 0 radical (unpaired) electrons. The first-order valence-corrected chi connectivity index (χ1v) is 31.8. The number of nitrogens with zero attached hydrogens (tertiary/aromatic N) is 18. The van der Waals surface area contributed by atoms with Crippen LogP contribution in [0.25, 0.3) is 62.5 Å². The van der Waals surface area contributed by atoms with Crippen molar-refractivity contribution in [3.05, 3.63) is 288 Å². The van der Waals surface area contributed by atoms with Gasteiger partial charge in [0, 0.05) is 94.7 Å². The number of carbonyl (C=O) groups is 3. The van der Waals surface area contributed by atoms with Gasteiger partial charge in [0.05, 0.1) is 22.8 Å². The van der Waals surface area contributed by atoms with Gasteiger partial charge in [-0.25, -0.2) is 24.0 Å². The molecular weight excluding hydrogens is 1490 g/mol. The maximum absolute atomic E-state index is 13.7. The summed E-state index contributed by atoms with van der Waals surface area (Å²) in [6.07, 6.45) is -0.844. The molecule has 0 aliphatic carbocycles. The molecule has 6 N–H and O–H groups in total. The van der Waals surface area contributed by atoms with Gasteiger partial charge in [0.15, 0.2) is 46.2 Å². The molecule has 2 aromatic carbocycles. The third kappa shape index (κ3) is 21.1. The number of amides is 2. The molecule has 12 aromatic heterocycles. The van der Waals surface area contributed by atoms with Crippen molar-refractivity contribution in [2.45, 2.75) is 18.5 Å². The molecule has 544 valence electrons. The quantitative estimate of drug-likeness (QED) is 0.0310. The fraction of sp³-hybridized carbons (Fsp3) is 0.0435. The zero-order valence-electron chi connectivity index (χ0n) is 54.5. The van der Waals surface area contributed by atoms with Crippen molar-refractivity contribution >= 4 is 81.9 Å². The van der Waals surface area contributed by atoms with Crippen LogP contribution in [0.1, 0.15) is 48.2 Å². The second kappa shape index (κ2) is 35.1. The maximum Gasteiger partial charge on any atom is 0.488 e. The van der Waals surface area contributed by atoms with E-state index >= 15 is 0 Å². The number of alkyl halides is 9. The van der Waals surface area contributed by atoms with Gasteiger partial charge in [-0.05, 0) is 144 Å². The van der Waals surface area contributed by atoms with Crippen LogP contribution in [0.4, 0.5) is 57.0 Å². The zero-order chi connectivity index (χ0) is 77.1. The van der Waals surface area contributed by atoms with E-state index in [9.17, 15) is 53.9 Å². The standard InChI is InChI=1S/C25H16F3N7O.C19H11ClF3N7O.C13H9F3N6.C6H7BO2.C6H3Cl2NO/c26-25(27,28)21-14-20(18-7-4-11-29-15-18)34-35(21)23-9-8-22(32-33-23)31-24(36)17-10-12-30-19(13-17)16-5-2-1-3-6-16;20-15-8-11(5-7-25-15)18(31)26-16-3-4-17(28-27-16)30-14(19(21,22)23)9-13(29-30)12-2-1-6-24-10-12;14-13(15,16)10-6-9(8-2-1-5-18-7-8)21-22(10)12-4-3-11(17)19-20-12;8-7(9)6-4-2-1-3-5-6;7-5-3-4(6(8)10)1-2-9-5/h1-15H,(H,31,32,36);1-10H,(H,26,27,31);1-7H,(H2,17,19);1-5,8-9H;1-3H. The minimum Gasteiger partial charge on any atom is -0.423 e. The predicted octanol–water partition coefficient (Wildman–Crippen LogP) is 12.9. The molecule has 0 fully saturated rings. The highest BCUT2D eigenvalue weighted by atomic mass is 35.5. The highest BCUT2D eigenvalue weighted by molar-refractivity contribution is 6.67. The van der Waals surface area contributed by atoms with Crippen LogP contribution in [0, 0.1) is 0 Å². The number of hydrogen-bond donors (Lipinski definition) is 5. The summed E-state index contributed by atoms with van der Waals surface area (Å²) < 4.78 is 123. The van der Waals surface area contributed by atoms with Gasteiger partial charge in [-0.15, -0.1) is 30.6 Å². The fourth-order valence-electron chi connectivity index (χ4n) is 9.11. The number of nitrogen functional groups attached to an aromatic ring is 1. The smallest absolute Gasteiger partial charge is 0.423 e. The summed E-state index contributed by atoms with van der Waals surface area (Å²) in [6.45, 7) is 0. The van der Waals surface area contributed by atoms with E-state index in [0.29, 0.717) is 53.0 Å². The lowest BCUT2D eigenvalue weighted by molar-refractivity contribution is -0.143. The largest absolute Gasteiger partial charge is 0.488 e. The summed E-state index contributed by atoms with van der Waals surface area (Å²) in [5.41, 5.74) is 6.93. The Hall–Kier alpha value is -13.2. The predicted molar refractivity (Wildman–Crippen MR) is 377 cm³/mol. The number of pyridine rings is 6. The van der Waals surface area contributed by atoms with E-state index in [1.807, 2.05) is 36.4 Å². The molecule has 39 heteroatoms. The first kappa shape index (κ1) is 77.5. The number of rotatable bonds is 13. The van der Waals surface area contributed by atoms with E-state index in [0.717, 1.165) is 23.8 Å². The lowest BCUT2D eigenvalue weighted by atomic mass is 9.81. The van der Waals surface area contributed by atoms with Crippen LogP contribution in [0.3, 0.4) is 0 Å². The number of benzene rings is 2. The molecule has 0 aliphatic rings. The number of hydrogen-bond acceptors (Lipinski definition) is 21. The van der Waals surface area contributed by atoms with Crippen molar-refractivity contribution in [1.82, 2.24) is 89.8 Å². The highest BCUT2D eigenvalue weighted by Crippen LogP contribution is 2.37. The maximum atomic E-state index is 13.7. The minimum absolute atomic E-state index is 0.0369. The van der Waals surface area contributed by atoms with Gasteiger partial charge in [-0.3, -0.25) is 34.3 Å². The molecule has 12 heterocycles. The number of halogens is 12. The Kier molecular flexibility index (Phi) is 25.2. The summed E-state index contributed by atoms with van der Waals surface area (Å²) in [7, 11) is -1.34. The minimum atomic E-state index is -4.68. The monoisotopic (exact) mass is 1540 g/mol. The average Bonchev–Trinajstić information content (AvgIpc) is 1.64. The molecule has 14 aromatic rings. The van der Waals surface area contributed by atoms with Crippen molar-refractivity contribution in [3.63, 3.8) is 0 Å². The number of nitrogens with two attached hydrogens (primary N) is 1. The van der Waals surface area contributed by atoms with Crippen LogP contribution in [-0.4, -0.2) is 124 Å². The first-order chi connectivity index (χ1) is 51.6. The third-order valence-electron chi connectivity index (χ3n) is 14.1. The second-order valence-corrected chi connectivity index (χ2v) is 22.7. The van der Waals surface area contributed by atoms with Gasteiger partial charge in [0.1, 0.15) is 16.1 Å². The van der Waals surface area contributed by atoms with Crippen LogP contribution in [-0.2, 0) is 18.5 Å². The van der Waals surface area contributed by atoms with Crippen molar-refractivity contribution in [3.8, 4) is 62.5 Å². The SMILES string of the molecule is Nc1ccc(-n2nc(-c3cccnc3)cc2C(F)(F)F)nn1.O=C(Cl)c1ccnc(Cl)c1.O=C(Nc1ccc(-n2nc(-c3cccnc3)cc2C(F)(F)F)nn1)c1ccnc(-c2ccccc2)c1.O=C(Nc1ccc(-n2nc(-c3cccnc3)cc2C(F)(F)F)nn1)c1ccnc(Cl)c1.OB(O)c1ccccc1. The van der Waals surface area contributed by atoms with Crippen molar-refractivity contribution < 1.29 is 63.9 Å². The van der Waals surface area contributed by atoms with Gasteiger partial charge < -0.3 is 26.4 Å². The van der Waals surface area contributed by atoms with Crippen molar-refractivity contribution in [2.75, 3.05) is 16.4 Å². The van der Waals surface area contributed by atoms with Crippen molar-refractivity contribution in [2.24, 2.45) is 0 Å². The molecule has 0 spiro atoms. The molecular formula is C69H46BCl3F9N21O5. The summed E-state index contributed by atoms with van der Waals surface area (Å²) in [6, 6.07) is 47.2. The second-order valence-electron chi connectivity index (χ2n) is 21.6. The Labute approximate surface area is 618 Å². The van der Waals surface area contributed by atoms with E-state index in [1.54, 1.807) is 72.8 Å². The Bertz CT molecular complexity index is 5340. The summed E-state index contributed by atoms with van der Waals surface area (Å²) >= 11 is 16.4. The molecule has 26 nitrogen and oxygen atoms in total. The molecule has 2 amide bonds. The number of anilines is 3. The lowest BCUT2D eigenvalue weighted by Crippen LogP contribution is -2.29. The molecule has 108 heavy (non-hydrogen) atoms. The van der Waals surface area contributed by atoms with Gasteiger partial charge in [0.2, 0.25) is 0 Å². The Morgan fingerprint density at radius 3 is 1.10 bits per heavy atom. The number of nitrogens with one attached hydrogen (secondary N) is 2. The topological polar surface area (TPSA) is 350 Å². The Balaban J connectivity index is 0.000000156. The average molecular weight is 1540 g/mol. The summed E-state index contributed by atoms with van der Waals surface area (Å²) in [4.78, 5) is 58.8. The van der Waals surface area contributed by atoms with Gasteiger partial charge in [-0.2, -0.15) is 54.8 Å². The van der Waals surface area contributed by atoms with Crippen LogP contribution in [0.2, 0.25) is 10.3 Å². The van der Waals surface area contributed by atoms with Crippen LogP contribution in [0.15, 0.2) is 244 Å². The molecule has 0 bridgehead atoms. The molecule has 14 rings (SSSR count). The van der Waals surface area contributed by atoms with E-state index < -0.39 is 59.8 Å². The number of aromatic nitrogens is 18. The molecule has 0 atom stereocenters. The van der Waals surface area contributed by atoms with E-state index in [4.69, 9.17) is 50.6 Å². The fourth-order valence-corrected chi connectivity index (χ4v) is 9.57. The Morgan fingerprint density at radius 2 is 0.769 bits per heavy atom. The molecule has 0 saturated heterocycles. The highest BCUT2D eigenvalue weighted by Gasteiger charge is 2.39. The third-order valence-corrected chi connectivity index (χ3v) is 14.7. The Morgan fingerprint density at radius 1 is 0.398 bits per heavy atom. The lowest BCUT2D eigenvalue weighted by Gasteiger charge is -2.10. The van der Waals surface area contributed by atoms with Crippen LogP contribution < -0.4 is 21.8 Å². The molecule has 0 unspecified atom stereocenters. The number of carbonyl (C=O) groups excluding carboxylic acids is 3. The van der Waals surface area contributed by atoms with Crippen molar-refractivity contribution in [1.29, 1.82) is 0 Å². The van der Waals surface area contributed by atoms with Gasteiger partial charge in [-0.1, -0.05) is 83.9 Å². The molecule has 0 saturated carbocycles. The van der Waals surface area contributed by atoms with E-state index in [1.165, 1.54) is 116 Å². The van der Waals surface area contributed by atoms with E-state index in [-0.39, 0.29) is 67.9 Å². The normalized spacial score (nSPS) is 11.0. The van der Waals surface area contributed by atoms with E-state index in [2.05, 4.69) is 86.4 Å². The van der Waals surface area contributed by atoms with Gasteiger partial charge >= 0.3 is 25.6 Å². The van der Waals surface area contributed by atoms with Gasteiger partial charge in [0.25, 0.3) is 17.1 Å².